The van der Waals surface area contributed by atoms with Crippen LogP contribution in [0.5, 0.6) is 0 Å². The molecular formula is C26H23N7. The van der Waals surface area contributed by atoms with E-state index in [0.29, 0.717) is 18.9 Å². The second-order valence-electron chi connectivity index (χ2n) is 8.10. The standard InChI is InChI=1S/C26H23N7/c1-18-28-22-13-7-8-14-23(22)32(18)16-15-24-30-25-20-11-5-6-12-21(20)29-26(33(25)31-24)27-17-19-9-3-2-4-10-19/h2-14H,15-17H2,1H3,(H,27,29). The first-order valence-corrected chi connectivity index (χ1v) is 11.1. The molecule has 0 fully saturated rings. The normalized spacial score (nSPS) is 11.5. The van der Waals surface area contributed by atoms with Crippen molar-refractivity contribution >= 4 is 33.5 Å². The average molecular weight is 434 g/mol. The van der Waals surface area contributed by atoms with E-state index in [0.717, 1.165) is 45.8 Å². The van der Waals surface area contributed by atoms with Crippen molar-refractivity contribution in [3.05, 3.63) is 96.1 Å². The Hall–Kier alpha value is -4.26. The molecular weight excluding hydrogens is 410 g/mol. The average Bonchev–Trinajstić information content (AvgIpc) is 3.42. The first-order valence-electron chi connectivity index (χ1n) is 11.1. The number of hydrogen-bond acceptors (Lipinski definition) is 5. The highest BCUT2D eigenvalue weighted by Gasteiger charge is 2.14. The number of aromatic nitrogens is 6. The van der Waals surface area contributed by atoms with Gasteiger partial charge in [-0.1, -0.05) is 54.6 Å². The minimum Gasteiger partial charge on any atom is -0.350 e. The molecule has 33 heavy (non-hydrogen) atoms. The van der Waals surface area contributed by atoms with E-state index >= 15 is 0 Å². The third kappa shape index (κ3) is 3.57. The number of para-hydroxylation sites is 3. The lowest BCUT2D eigenvalue weighted by Crippen LogP contribution is -2.08. The van der Waals surface area contributed by atoms with E-state index in [-0.39, 0.29) is 0 Å². The van der Waals surface area contributed by atoms with E-state index < -0.39 is 0 Å². The molecule has 3 aromatic carbocycles. The van der Waals surface area contributed by atoms with E-state index in [1.54, 1.807) is 0 Å². The molecule has 1 N–H and O–H groups in total. The van der Waals surface area contributed by atoms with E-state index in [1.807, 2.05) is 72.1 Å². The van der Waals surface area contributed by atoms with Crippen LogP contribution >= 0.6 is 0 Å². The Balaban J connectivity index is 1.36. The first kappa shape index (κ1) is 19.4. The molecule has 0 amide bonds. The minimum absolute atomic E-state index is 0.663. The van der Waals surface area contributed by atoms with Crippen LogP contribution in [0.25, 0.3) is 27.6 Å². The van der Waals surface area contributed by atoms with Crippen molar-refractivity contribution in [3.8, 4) is 0 Å². The molecule has 7 nitrogen and oxygen atoms in total. The van der Waals surface area contributed by atoms with Gasteiger partial charge in [0.15, 0.2) is 11.5 Å². The number of rotatable bonds is 6. The maximum absolute atomic E-state index is 4.90. The van der Waals surface area contributed by atoms with Gasteiger partial charge in [-0.2, -0.15) is 4.52 Å². The zero-order valence-corrected chi connectivity index (χ0v) is 18.3. The smallest absolute Gasteiger partial charge is 0.226 e. The van der Waals surface area contributed by atoms with Gasteiger partial charge < -0.3 is 9.88 Å². The summed E-state index contributed by atoms with van der Waals surface area (Å²) in [6, 6.07) is 26.6. The van der Waals surface area contributed by atoms with Crippen molar-refractivity contribution in [1.29, 1.82) is 0 Å². The van der Waals surface area contributed by atoms with E-state index in [4.69, 9.17) is 15.1 Å². The molecule has 3 aromatic heterocycles. The van der Waals surface area contributed by atoms with Gasteiger partial charge in [-0.05, 0) is 36.8 Å². The molecule has 0 saturated carbocycles. The van der Waals surface area contributed by atoms with Crippen molar-refractivity contribution in [2.45, 2.75) is 26.4 Å². The number of anilines is 1. The van der Waals surface area contributed by atoms with Crippen LogP contribution in [-0.4, -0.2) is 29.1 Å². The molecule has 0 saturated heterocycles. The fourth-order valence-corrected chi connectivity index (χ4v) is 4.29. The summed E-state index contributed by atoms with van der Waals surface area (Å²) in [6.45, 7) is 3.47. The van der Waals surface area contributed by atoms with Crippen molar-refractivity contribution in [1.82, 2.24) is 29.1 Å². The molecule has 7 heteroatoms. The van der Waals surface area contributed by atoms with Gasteiger partial charge in [0.2, 0.25) is 5.95 Å². The minimum atomic E-state index is 0.663. The molecule has 0 atom stereocenters. The van der Waals surface area contributed by atoms with Gasteiger partial charge in [0.1, 0.15) is 5.82 Å². The number of aryl methyl sites for hydroxylation is 3. The highest BCUT2D eigenvalue weighted by Crippen LogP contribution is 2.22. The number of nitrogens with one attached hydrogen (secondary N) is 1. The highest BCUT2D eigenvalue weighted by atomic mass is 15.4. The zero-order valence-electron chi connectivity index (χ0n) is 18.3. The number of nitrogens with zero attached hydrogens (tertiary/aromatic N) is 6. The molecule has 0 aliphatic carbocycles. The van der Waals surface area contributed by atoms with Gasteiger partial charge in [0.25, 0.3) is 0 Å². The summed E-state index contributed by atoms with van der Waals surface area (Å²) in [7, 11) is 0. The van der Waals surface area contributed by atoms with Crippen LogP contribution in [0.2, 0.25) is 0 Å². The van der Waals surface area contributed by atoms with E-state index in [9.17, 15) is 0 Å². The lowest BCUT2D eigenvalue weighted by molar-refractivity contribution is 0.667. The molecule has 6 rings (SSSR count). The largest absolute Gasteiger partial charge is 0.350 e. The summed E-state index contributed by atoms with van der Waals surface area (Å²) in [6.07, 6.45) is 0.704. The Kier molecular flexibility index (Phi) is 4.72. The van der Waals surface area contributed by atoms with Gasteiger partial charge in [0.05, 0.1) is 16.6 Å². The number of imidazole rings is 1. The molecule has 0 unspecified atom stereocenters. The first-order chi connectivity index (χ1) is 16.3. The summed E-state index contributed by atoms with van der Waals surface area (Å²) in [5.74, 6) is 2.47. The van der Waals surface area contributed by atoms with Crippen LogP contribution in [-0.2, 0) is 19.5 Å². The maximum atomic E-state index is 4.90. The van der Waals surface area contributed by atoms with Crippen molar-refractivity contribution in [2.75, 3.05) is 5.32 Å². The van der Waals surface area contributed by atoms with Gasteiger partial charge >= 0.3 is 0 Å². The Morgan fingerprint density at radius 3 is 2.42 bits per heavy atom. The molecule has 0 spiro atoms. The third-order valence-corrected chi connectivity index (χ3v) is 5.92. The van der Waals surface area contributed by atoms with Crippen LogP contribution in [0.3, 0.4) is 0 Å². The molecule has 0 aliphatic heterocycles. The van der Waals surface area contributed by atoms with Crippen LogP contribution < -0.4 is 5.32 Å². The molecule has 162 valence electrons. The molecule has 6 aromatic rings. The van der Waals surface area contributed by atoms with Crippen LogP contribution in [0.1, 0.15) is 17.2 Å². The second kappa shape index (κ2) is 8.02. The highest BCUT2D eigenvalue weighted by molar-refractivity contribution is 5.92. The Bertz CT molecular complexity index is 1580. The second-order valence-corrected chi connectivity index (χ2v) is 8.10. The molecule has 0 bridgehead atoms. The van der Waals surface area contributed by atoms with Gasteiger partial charge in [-0.3, -0.25) is 0 Å². The maximum Gasteiger partial charge on any atom is 0.226 e. The zero-order chi connectivity index (χ0) is 22.2. The van der Waals surface area contributed by atoms with Gasteiger partial charge in [-0.15, -0.1) is 5.10 Å². The Morgan fingerprint density at radius 2 is 1.55 bits per heavy atom. The fourth-order valence-electron chi connectivity index (χ4n) is 4.29. The number of fused-ring (bicyclic) bond motifs is 4. The fraction of sp³-hybridized carbons (Fsp3) is 0.154. The van der Waals surface area contributed by atoms with E-state index in [2.05, 4.69) is 33.1 Å². The lowest BCUT2D eigenvalue weighted by atomic mass is 10.2. The Labute approximate surface area is 190 Å². The van der Waals surface area contributed by atoms with E-state index in [1.165, 1.54) is 5.56 Å². The monoisotopic (exact) mass is 433 g/mol. The van der Waals surface area contributed by atoms with Crippen molar-refractivity contribution < 1.29 is 0 Å². The summed E-state index contributed by atoms with van der Waals surface area (Å²) in [5, 5.41) is 9.27. The third-order valence-electron chi connectivity index (χ3n) is 5.92. The molecule has 0 aliphatic rings. The van der Waals surface area contributed by atoms with Crippen molar-refractivity contribution in [2.24, 2.45) is 0 Å². The summed E-state index contributed by atoms with van der Waals surface area (Å²) in [5.41, 5.74) is 5.05. The van der Waals surface area contributed by atoms with Gasteiger partial charge in [0, 0.05) is 24.9 Å². The summed E-state index contributed by atoms with van der Waals surface area (Å²) in [4.78, 5) is 14.4. The summed E-state index contributed by atoms with van der Waals surface area (Å²) >= 11 is 0. The summed E-state index contributed by atoms with van der Waals surface area (Å²) < 4.78 is 4.06. The number of hydrogen-bond donors (Lipinski definition) is 1. The number of benzene rings is 3. The SMILES string of the molecule is Cc1nc2ccccc2n1CCc1nc2c3ccccc3nc(NCc3ccccc3)n2n1. The van der Waals surface area contributed by atoms with Crippen LogP contribution in [0, 0.1) is 6.92 Å². The predicted octanol–water partition coefficient (Wildman–Crippen LogP) is 4.79. The molecule has 0 radical (unpaired) electrons. The lowest BCUT2D eigenvalue weighted by Gasteiger charge is -2.09. The van der Waals surface area contributed by atoms with Crippen LogP contribution in [0.15, 0.2) is 78.9 Å². The van der Waals surface area contributed by atoms with Crippen molar-refractivity contribution in [3.63, 3.8) is 0 Å². The van der Waals surface area contributed by atoms with Crippen LogP contribution in [0.4, 0.5) is 5.95 Å². The quantitative estimate of drug-likeness (QED) is 0.409. The topological polar surface area (TPSA) is 72.9 Å². The Morgan fingerprint density at radius 1 is 0.788 bits per heavy atom. The molecule has 3 heterocycles. The van der Waals surface area contributed by atoms with Gasteiger partial charge in [-0.25, -0.2) is 15.0 Å². The predicted molar refractivity (Wildman–Crippen MR) is 130 cm³/mol.